The number of nitrogens with one attached hydrogen (secondary N) is 1. The van der Waals surface area contributed by atoms with E-state index in [-0.39, 0.29) is 6.04 Å². The van der Waals surface area contributed by atoms with E-state index in [1.54, 1.807) is 6.20 Å². The molecule has 1 unspecified atom stereocenters. The number of nitrogens with zero attached hydrogens (tertiary/aromatic N) is 3. The maximum absolute atomic E-state index is 4.31. The minimum atomic E-state index is 0.236. The van der Waals surface area contributed by atoms with Gasteiger partial charge in [0.25, 0.3) is 0 Å². The lowest BCUT2D eigenvalue weighted by molar-refractivity contribution is 0.529. The van der Waals surface area contributed by atoms with Gasteiger partial charge in [-0.2, -0.15) is 0 Å². The molecule has 16 heavy (non-hydrogen) atoms. The molecule has 2 rings (SSSR count). The normalized spacial score (nSPS) is 12.6. The topological polar surface area (TPSA) is 42.7 Å². The van der Waals surface area contributed by atoms with Crippen LogP contribution in [-0.4, -0.2) is 14.5 Å². The molecule has 0 fully saturated rings. The van der Waals surface area contributed by atoms with Crippen molar-refractivity contribution in [2.45, 2.75) is 19.5 Å². The Morgan fingerprint density at radius 2 is 2.31 bits per heavy atom. The maximum Gasteiger partial charge on any atom is 0.125 e. The van der Waals surface area contributed by atoms with Gasteiger partial charge in [-0.3, -0.25) is 4.98 Å². The summed E-state index contributed by atoms with van der Waals surface area (Å²) < 4.78 is 2.03. The summed E-state index contributed by atoms with van der Waals surface area (Å²) >= 11 is 0. The van der Waals surface area contributed by atoms with Crippen molar-refractivity contribution in [3.05, 3.63) is 48.3 Å². The Morgan fingerprint density at radius 1 is 1.44 bits per heavy atom. The summed E-state index contributed by atoms with van der Waals surface area (Å²) in [5.41, 5.74) is 1.18. The molecular formula is C12H16N4. The molecule has 1 atom stereocenters. The summed E-state index contributed by atoms with van der Waals surface area (Å²) in [5, 5.41) is 3.42. The predicted molar refractivity (Wildman–Crippen MR) is 62.7 cm³/mol. The zero-order valence-electron chi connectivity index (χ0n) is 9.59. The fraction of sp³-hybridized carbons (Fsp3) is 0.333. The molecule has 0 aliphatic carbocycles. The van der Waals surface area contributed by atoms with Crippen LogP contribution in [-0.2, 0) is 13.6 Å². The van der Waals surface area contributed by atoms with E-state index in [0.717, 1.165) is 12.4 Å². The molecule has 0 spiro atoms. The second kappa shape index (κ2) is 4.90. The highest BCUT2D eigenvalue weighted by molar-refractivity contribution is 5.08. The molecule has 4 heteroatoms. The molecule has 4 nitrogen and oxygen atoms in total. The molecule has 2 aromatic rings. The predicted octanol–water partition coefficient (Wildman–Crippen LogP) is 1.67. The fourth-order valence-corrected chi connectivity index (χ4v) is 1.66. The largest absolute Gasteiger partial charge is 0.337 e. The Labute approximate surface area is 95.4 Å². The molecule has 2 heterocycles. The maximum atomic E-state index is 4.31. The number of imidazole rings is 1. The zero-order chi connectivity index (χ0) is 11.4. The van der Waals surface area contributed by atoms with Gasteiger partial charge in [-0.1, -0.05) is 6.07 Å². The van der Waals surface area contributed by atoms with Crippen molar-refractivity contribution < 1.29 is 0 Å². The van der Waals surface area contributed by atoms with Crippen LogP contribution in [0.25, 0.3) is 0 Å². The Balaban J connectivity index is 1.94. The number of rotatable bonds is 4. The Morgan fingerprint density at radius 3 is 2.94 bits per heavy atom. The highest BCUT2D eigenvalue weighted by Crippen LogP contribution is 2.09. The fourth-order valence-electron chi connectivity index (χ4n) is 1.66. The first kappa shape index (κ1) is 10.8. The van der Waals surface area contributed by atoms with Gasteiger partial charge in [0.1, 0.15) is 5.82 Å². The third-order valence-corrected chi connectivity index (χ3v) is 2.58. The van der Waals surface area contributed by atoms with Crippen LogP contribution in [0, 0.1) is 0 Å². The summed E-state index contributed by atoms with van der Waals surface area (Å²) in [6.45, 7) is 2.92. The molecule has 0 aliphatic rings. The number of hydrogen-bond acceptors (Lipinski definition) is 3. The lowest BCUT2D eigenvalue weighted by Crippen LogP contribution is -2.21. The third-order valence-electron chi connectivity index (χ3n) is 2.58. The van der Waals surface area contributed by atoms with Gasteiger partial charge >= 0.3 is 0 Å². The van der Waals surface area contributed by atoms with Crippen LogP contribution in [0.5, 0.6) is 0 Å². The molecular weight excluding hydrogens is 200 g/mol. The second-order valence-corrected chi connectivity index (χ2v) is 3.86. The van der Waals surface area contributed by atoms with Crippen LogP contribution in [0.2, 0.25) is 0 Å². The molecule has 0 aromatic carbocycles. The first-order chi connectivity index (χ1) is 7.77. The van der Waals surface area contributed by atoms with Crippen molar-refractivity contribution in [1.82, 2.24) is 19.9 Å². The van der Waals surface area contributed by atoms with Gasteiger partial charge in [0.05, 0.1) is 6.04 Å². The van der Waals surface area contributed by atoms with Crippen molar-refractivity contribution in [1.29, 1.82) is 0 Å². The second-order valence-electron chi connectivity index (χ2n) is 3.86. The molecule has 2 aromatic heterocycles. The number of aryl methyl sites for hydroxylation is 1. The highest BCUT2D eigenvalue weighted by Gasteiger charge is 2.08. The average Bonchev–Trinajstić information content (AvgIpc) is 2.74. The van der Waals surface area contributed by atoms with Gasteiger partial charge in [-0.25, -0.2) is 4.98 Å². The monoisotopic (exact) mass is 216 g/mol. The van der Waals surface area contributed by atoms with Gasteiger partial charge in [0.2, 0.25) is 0 Å². The van der Waals surface area contributed by atoms with Crippen LogP contribution < -0.4 is 5.32 Å². The van der Waals surface area contributed by atoms with E-state index in [1.165, 1.54) is 5.56 Å². The number of pyridine rings is 1. The van der Waals surface area contributed by atoms with Gasteiger partial charge in [0.15, 0.2) is 0 Å². The van der Waals surface area contributed by atoms with Gasteiger partial charge in [0, 0.05) is 38.4 Å². The Hall–Kier alpha value is -1.68. The van der Waals surface area contributed by atoms with Crippen LogP contribution in [0.15, 0.2) is 36.9 Å². The van der Waals surface area contributed by atoms with Crippen molar-refractivity contribution in [2.24, 2.45) is 7.05 Å². The molecule has 0 saturated carbocycles. The van der Waals surface area contributed by atoms with E-state index in [2.05, 4.69) is 28.3 Å². The average molecular weight is 216 g/mol. The van der Waals surface area contributed by atoms with Crippen molar-refractivity contribution in [3.63, 3.8) is 0 Å². The molecule has 0 saturated heterocycles. The number of aromatic nitrogens is 3. The summed E-state index contributed by atoms with van der Waals surface area (Å²) in [6.07, 6.45) is 7.43. The van der Waals surface area contributed by atoms with Crippen molar-refractivity contribution in [2.75, 3.05) is 0 Å². The van der Waals surface area contributed by atoms with E-state index in [9.17, 15) is 0 Å². The Bertz CT molecular complexity index is 435. The van der Waals surface area contributed by atoms with E-state index < -0.39 is 0 Å². The molecule has 0 amide bonds. The van der Waals surface area contributed by atoms with Crippen molar-refractivity contribution >= 4 is 0 Å². The van der Waals surface area contributed by atoms with E-state index in [1.807, 2.05) is 36.3 Å². The first-order valence-electron chi connectivity index (χ1n) is 5.37. The Kier molecular flexibility index (Phi) is 3.31. The first-order valence-corrected chi connectivity index (χ1v) is 5.37. The van der Waals surface area contributed by atoms with Crippen LogP contribution in [0.1, 0.15) is 24.4 Å². The number of hydrogen-bond donors (Lipinski definition) is 1. The SMILES string of the molecule is CC(NCc1cccnc1)c1nccn1C. The van der Waals surface area contributed by atoms with Crippen LogP contribution in [0.4, 0.5) is 0 Å². The van der Waals surface area contributed by atoms with E-state index >= 15 is 0 Å². The summed E-state index contributed by atoms with van der Waals surface area (Å²) in [4.78, 5) is 8.39. The van der Waals surface area contributed by atoms with Gasteiger partial charge in [-0.05, 0) is 18.6 Å². The summed E-state index contributed by atoms with van der Waals surface area (Å²) in [5.74, 6) is 1.05. The smallest absolute Gasteiger partial charge is 0.125 e. The summed E-state index contributed by atoms with van der Waals surface area (Å²) in [6, 6.07) is 4.24. The molecule has 0 bridgehead atoms. The zero-order valence-corrected chi connectivity index (χ0v) is 9.59. The molecule has 1 N–H and O–H groups in total. The molecule has 84 valence electrons. The van der Waals surface area contributed by atoms with Gasteiger partial charge < -0.3 is 9.88 Å². The molecule has 0 aliphatic heterocycles. The van der Waals surface area contributed by atoms with Crippen LogP contribution >= 0.6 is 0 Å². The highest BCUT2D eigenvalue weighted by atomic mass is 15.1. The van der Waals surface area contributed by atoms with Gasteiger partial charge in [-0.15, -0.1) is 0 Å². The quantitative estimate of drug-likeness (QED) is 0.845. The van der Waals surface area contributed by atoms with E-state index in [4.69, 9.17) is 0 Å². The minimum absolute atomic E-state index is 0.236. The van der Waals surface area contributed by atoms with Crippen LogP contribution in [0.3, 0.4) is 0 Å². The molecule has 0 radical (unpaired) electrons. The summed E-state index contributed by atoms with van der Waals surface area (Å²) in [7, 11) is 2.00. The lowest BCUT2D eigenvalue weighted by Gasteiger charge is -2.13. The van der Waals surface area contributed by atoms with E-state index in [0.29, 0.717) is 0 Å². The standard InChI is InChI=1S/C12H16N4/c1-10(12-14-6-7-16(12)2)15-9-11-4-3-5-13-8-11/h3-8,10,15H,9H2,1-2H3. The minimum Gasteiger partial charge on any atom is -0.337 e. The van der Waals surface area contributed by atoms with Crippen molar-refractivity contribution in [3.8, 4) is 0 Å². The lowest BCUT2D eigenvalue weighted by atomic mass is 10.2. The third kappa shape index (κ3) is 2.46.